The van der Waals surface area contributed by atoms with E-state index in [2.05, 4.69) is 28.9 Å². The van der Waals surface area contributed by atoms with Crippen molar-refractivity contribution in [3.63, 3.8) is 0 Å². The van der Waals surface area contributed by atoms with Crippen LogP contribution in [-0.2, 0) is 0 Å². The van der Waals surface area contributed by atoms with Gasteiger partial charge in [0.2, 0.25) is 0 Å². The quantitative estimate of drug-likeness (QED) is 0.608. The van der Waals surface area contributed by atoms with Crippen LogP contribution in [0.4, 0.5) is 0 Å². The van der Waals surface area contributed by atoms with Crippen LogP contribution in [0.1, 0.15) is 55.6 Å². The first-order valence-corrected chi connectivity index (χ1v) is 6.29. The van der Waals surface area contributed by atoms with E-state index in [1.807, 2.05) is 0 Å². The van der Waals surface area contributed by atoms with Crippen molar-refractivity contribution in [1.29, 1.82) is 0 Å². The largest absolute Gasteiger partial charge is 0.271 e. The van der Waals surface area contributed by atoms with Gasteiger partial charge < -0.3 is 0 Å². The molecule has 1 aliphatic rings. The third-order valence-corrected chi connectivity index (χ3v) is 3.99. The van der Waals surface area contributed by atoms with E-state index in [1.54, 1.807) is 0 Å². The van der Waals surface area contributed by atoms with Crippen LogP contribution >= 0.6 is 11.5 Å². The fourth-order valence-electron chi connectivity index (χ4n) is 2.02. The van der Waals surface area contributed by atoms with Crippen molar-refractivity contribution in [2.24, 2.45) is 11.8 Å². The highest BCUT2D eigenvalue weighted by Gasteiger charge is 2.31. The van der Waals surface area contributed by atoms with Gasteiger partial charge in [-0.3, -0.25) is 11.3 Å². The Morgan fingerprint density at radius 1 is 1.47 bits per heavy atom. The van der Waals surface area contributed by atoms with Crippen molar-refractivity contribution in [3.8, 4) is 0 Å². The smallest absolute Gasteiger partial charge is 0.0829 e. The molecule has 5 heteroatoms. The van der Waals surface area contributed by atoms with Gasteiger partial charge in [0.15, 0.2) is 0 Å². The minimum Gasteiger partial charge on any atom is -0.271 e. The lowest BCUT2D eigenvalue weighted by atomic mass is 9.79. The van der Waals surface area contributed by atoms with E-state index in [0.29, 0.717) is 11.8 Å². The van der Waals surface area contributed by atoms with E-state index in [4.69, 9.17) is 5.84 Å². The molecule has 0 aliphatic heterocycles. The van der Waals surface area contributed by atoms with Crippen molar-refractivity contribution < 1.29 is 0 Å². The molecule has 2 rings (SSSR count). The molecule has 0 saturated heterocycles. The topological polar surface area (TPSA) is 63.8 Å². The molecular weight excluding hydrogens is 208 g/mol. The Bertz CT molecular complexity index is 319. The third kappa shape index (κ3) is 2.04. The standard InChI is InChI=1S/C10H18N4S/c1-6(2)8-10(15-14-13-8)9(12-11)7-4-3-5-7/h6-7,9,12H,3-5,11H2,1-2H3. The average Bonchev–Trinajstić information content (AvgIpc) is 2.58. The summed E-state index contributed by atoms with van der Waals surface area (Å²) in [6.07, 6.45) is 3.86. The Morgan fingerprint density at radius 2 is 2.20 bits per heavy atom. The summed E-state index contributed by atoms with van der Waals surface area (Å²) in [5.74, 6) is 6.75. The number of nitrogens with one attached hydrogen (secondary N) is 1. The fraction of sp³-hybridized carbons (Fsp3) is 0.800. The summed E-state index contributed by atoms with van der Waals surface area (Å²) < 4.78 is 4.05. The van der Waals surface area contributed by atoms with Gasteiger partial charge in [0.05, 0.1) is 16.6 Å². The van der Waals surface area contributed by atoms with Gasteiger partial charge in [0, 0.05) is 0 Å². The molecular formula is C10H18N4S. The average molecular weight is 226 g/mol. The van der Waals surface area contributed by atoms with Gasteiger partial charge in [-0.05, 0) is 36.2 Å². The minimum atomic E-state index is 0.260. The molecule has 0 spiro atoms. The van der Waals surface area contributed by atoms with Crippen molar-refractivity contribution in [1.82, 2.24) is 15.0 Å². The molecule has 84 valence electrons. The highest BCUT2D eigenvalue weighted by atomic mass is 32.1. The summed E-state index contributed by atoms with van der Waals surface area (Å²) in [5, 5.41) is 4.20. The zero-order valence-corrected chi connectivity index (χ0v) is 10.0. The summed E-state index contributed by atoms with van der Waals surface area (Å²) >= 11 is 1.48. The summed E-state index contributed by atoms with van der Waals surface area (Å²) in [6, 6.07) is 0.260. The van der Waals surface area contributed by atoms with Crippen molar-refractivity contribution in [3.05, 3.63) is 10.6 Å². The lowest BCUT2D eigenvalue weighted by Crippen LogP contribution is -2.36. The fourth-order valence-corrected chi connectivity index (χ4v) is 2.98. The Balaban J connectivity index is 2.21. The maximum Gasteiger partial charge on any atom is 0.0829 e. The molecule has 0 aromatic carbocycles. The molecule has 1 aromatic heterocycles. The Kier molecular flexibility index (Phi) is 3.33. The molecule has 0 radical (unpaired) electrons. The lowest BCUT2D eigenvalue weighted by molar-refractivity contribution is 0.233. The van der Waals surface area contributed by atoms with E-state index < -0.39 is 0 Å². The Hall–Kier alpha value is -0.520. The molecule has 1 heterocycles. The van der Waals surface area contributed by atoms with Crippen LogP contribution in [0.2, 0.25) is 0 Å². The maximum absolute atomic E-state index is 5.64. The van der Waals surface area contributed by atoms with Crippen molar-refractivity contribution >= 4 is 11.5 Å². The van der Waals surface area contributed by atoms with Gasteiger partial charge in [-0.1, -0.05) is 24.8 Å². The van der Waals surface area contributed by atoms with Crippen LogP contribution < -0.4 is 11.3 Å². The number of aromatic nitrogens is 2. The third-order valence-electron chi connectivity index (χ3n) is 3.17. The first-order chi connectivity index (χ1) is 7.24. The number of hydrogen-bond acceptors (Lipinski definition) is 5. The molecule has 1 saturated carbocycles. The second-order valence-electron chi connectivity index (χ2n) is 4.51. The molecule has 0 amide bonds. The van der Waals surface area contributed by atoms with Crippen molar-refractivity contribution in [2.45, 2.75) is 45.1 Å². The summed E-state index contributed by atoms with van der Waals surface area (Å²) in [6.45, 7) is 4.29. The summed E-state index contributed by atoms with van der Waals surface area (Å²) in [5.41, 5.74) is 4.04. The SMILES string of the molecule is CC(C)c1nnsc1C(NN)C1CCC1. The van der Waals surface area contributed by atoms with Crippen molar-refractivity contribution in [2.75, 3.05) is 0 Å². The first-order valence-electron chi connectivity index (χ1n) is 5.52. The number of rotatable bonds is 4. The normalized spacial score (nSPS) is 19.2. The molecule has 4 nitrogen and oxygen atoms in total. The van der Waals surface area contributed by atoms with Gasteiger partial charge in [-0.2, -0.15) is 0 Å². The van der Waals surface area contributed by atoms with Gasteiger partial charge >= 0.3 is 0 Å². The van der Waals surface area contributed by atoms with E-state index in [-0.39, 0.29) is 6.04 Å². The number of hydrazine groups is 1. The van der Waals surface area contributed by atoms with Crippen LogP contribution in [0.5, 0.6) is 0 Å². The van der Waals surface area contributed by atoms with Crippen LogP contribution in [-0.4, -0.2) is 9.59 Å². The lowest BCUT2D eigenvalue weighted by Gasteiger charge is -2.32. The van der Waals surface area contributed by atoms with Gasteiger partial charge in [0.1, 0.15) is 0 Å². The molecule has 1 unspecified atom stereocenters. The Labute approximate surface area is 94.4 Å². The van der Waals surface area contributed by atoms with Gasteiger partial charge in [-0.25, -0.2) is 0 Å². The van der Waals surface area contributed by atoms with E-state index in [1.165, 1.54) is 35.7 Å². The highest BCUT2D eigenvalue weighted by molar-refractivity contribution is 7.05. The number of hydrogen-bond donors (Lipinski definition) is 2. The number of nitrogens with two attached hydrogens (primary N) is 1. The second kappa shape index (κ2) is 4.55. The van der Waals surface area contributed by atoms with Crippen LogP contribution in [0.3, 0.4) is 0 Å². The molecule has 0 bridgehead atoms. The molecule has 1 aromatic rings. The van der Waals surface area contributed by atoms with Crippen LogP contribution in [0, 0.1) is 5.92 Å². The molecule has 1 aliphatic carbocycles. The zero-order chi connectivity index (χ0) is 10.8. The first kappa shape index (κ1) is 11.0. The van der Waals surface area contributed by atoms with Crippen LogP contribution in [0.25, 0.3) is 0 Å². The molecule has 15 heavy (non-hydrogen) atoms. The monoisotopic (exact) mass is 226 g/mol. The molecule has 1 fully saturated rings. The maximum atomic E-state index is 5.64. The minimum absolute atomic E-state index is 0.260. The van der Waals surface area contributed by atoms with E-state index >= 15 is 0 Å². The molecule has 3 N–H and O–H groups in total. The summed E-state index contributed by atoms with van der Waals surface area (Å²) in [7, 11) is 0. The number of nitrogens with zero attached hydrogens (tertiary/aromatic N) is 2. The summed E-state index contributed by atoms with van der Waals surface area (Å²) in [4.78, 5) is 1.23. The predicted octanol–water partition coefficient (Wildman–Crippen LogP) is 1.97. The van der Waals surface area contributed by atoms with Crippen LogP contribution in [0.15, 0.2) is 0 Å². The van der Waals surface area contributed by atoms with E-state index in [9.17, 15) is 0 Å². The van der Waals surface area contributed by atoms with E-state index in [0.717, 1.165) is 5.69 Å². The van der Waals surface area contributed by atoms with Gasteiger partial charge in [-0.15, -0.1) is 5.10 Å². The second-order valence-corrected chi connectivity index (χ2v) is 5.30. The Morgan fingerprint density at radius 3 is 2.67 bits per heavy atom. The molecule has 1 atom stereocenters. The predicted molar refractivity (Wildman–Crippen MR) is 61.4 cm³/mol. The highest BCUT2D eigenvalue weighted by Crippen LogP contribution is 2.40. The zero-order valence-electron chi connectivity index (χ0n) is 9.23. The van der Waals surface area contributed by atoms with Gasteiger partial charge in [0.25, 0.3) is 0 Å².